The van der Waals surface area contributed by atoms with Gasteiger partial charge in [-0.2, -0.15) is 0 Å². The fraction of sp³-hybridized carbons (Fsp3) is 0.556. The molecule has 0 unspecified atom stereocenters. The van der Waals surface area contributed by atoms with E-state index < -0.39 is 0 Å². The number of rotatable bonds is 6. The molecule has 3 heteroatoms. The van der Waals surface area contributed by atoms with Crippen molar-refractivity contribution in [2.45, 2.75) is 6.92 Å². The molecule has 3 nitrogen and oxygen atoms in total. The third-order valence-corrected chi connectivity index (χ3v) is 1.25. The van der Waals surface area contributed by atoms with Crippen molar-refractivity contribution in [3.05, 3.63) is 24.0 Å². The summed E-state index contributed by atoms with van der Waals surface area (Å²) in [6.45, 7) is 3.12. The van der Waals surface area contributed by atoms with Crippen LogP contribution in [-0.4, -0.2) is 31.9 Å². The Morgan fingerprint density at radius 1 is 1.58 bits per heavy atom. The standard InChI is InChI=1S/C9H17NO2/c1-3-9(12-8-7-11)5-4-6-10-2/h3-5,10-11H,6-8H2,1-2H3/b5-4-,9-3+. The normalized spacial score (nSPS) is 12.4. The molecule has 0 rings (SSSR count). The van der Waals surface area contributed by atoms with Gasteiger partial charge < -0.3 is 15.2 Å². The molecule has 0 saturated carbocycles. The molecule has 0 aliphatic carbocycles. The van der Waals surface area contributed by atoms with Gasteiger partial charge in [0.25, 0.3) is 0 Å². The summed E-state index contributed by atoms with van der Waals surface area (Å²) in [5, 5.41) is 11.5. The lowest BCUT2D eigenvalue weighted by Crippen LogP contribution is -2.04. The van der Waals surface area contributed by atoms with Crippen molar-refractivity contribution in [3.63, 3.8) is 0 Å². The highest BCUT2D eigenvalue weighted by atomic mass is 16.5. The highest BCUT2D eigenvalue weighted by molar-refractivity contribution is 5.11. The van der Waals surface area contributed by atoms with Crippen LogP contribution in [0.4, 0.5) is 0 Å². The van der Waals surface area contributed by atoms with Crippen molar-refractivity contribution in [1.29, 1.82) is 0 Å². The number of likely N-dealkylation sites (N-methyl/N-ethyl adjacent to an activating group) is 1. The summed E-state index contributed by atoms with van der Waals surface area (Å²) in [7, 11) is 1.88. The maximum absolute atomic E-state index is 8.49. The lowest BCUT2D eigenvalue weighted by atomic mass is 10.4. The van der Waals surface area contributed by atoms with Gasteiger partial charge in [-0.1, -0.05) is 6.08 Å². The van der Waals surface area contributed by atoms with Crippen molar-refractivity contribution in [2.75, 3.05) is 26.8 Å². The molecule has 0 fully saturated rings. The first-order chi connectivity index (χ1) is 5.85. The van der Waals surface area contributed by atoms with E-state index in [1.54, 1.807) is 0 Å². The van der Waals surface area contributed by atoms with Crippen LogP contribution in [-0.2, 0) is 4.74 Å². The molecule has 0 bridgehead atoms. The second-order valence-electron chi connectivity index (χ2n) is 2.22. The van der Waals surface area contributed by atoms with Crippen molar-refractivity contribution in [3.8, 4) is 0 Å². The number of hydrogen-bond donors (Lipinski definition) is 2. The highest BCUT2D eigenvalue weighted by Gasteiger charge is 1.88. The predicted molar refractivity (Wildman–Crippen MR) is 49.9 cm³/mol. The first-order valence-electron chi connectivity index (χ1n) is 4.06. The number of hydrogen-bond acceptors (Lipinski definition) is 3. The van der Waals surface area contributed by atoms with Crippen molar-refractivity contribution < 1.29 is 9.84 Å². The Hall–Kier alpha value is -0.800. The van der Waals surface area contributed by atoms with Crippen molar-refractivity contribution in [1.82, 2.24) is 5.32 Å². The molecule has 0 atom stereocenters. The molecule has 70 valence electrons. The Morgan fingerprint density at radius 3 is 2.83 bits per heavy atom. The van der Waals surface area contributed by atoms with Crippen LogP contribution in [0, 0.1) is 0 Å². The molecular weight excluding hydrogens is 154 g/mol. The molecule has 0 aliphatic rings. The second kappa shape index (κ2) is 8.30. The third kappa shape index (κ3) is 5.95. The molecule has 0 spiro atoms. The maximum atomic E-state index is 8.49. The lowest BCUT2D eigenvalue weighted by molar-refractivity contribution is 0.152. The minimum absolute atomic E-state index is 0.0528. The zero-order valence-corrected chi connectivity index (χ0v) is 7.71. The molecule has 0 aromatic heterocycles. The monoisotopic (exact) mass is 171 g/mol. The fourth-order valence-corrected chi connectivity index (χ4v) is 0.684. The van der Waals surface area contributed by atoms with Gasteiger partial charge in [-0.05, 0) is 26.1 Å². The minimum atomic E-state index is 0.0528. The van der Waals surface area contributed by atoms with Gasteiger partial charge in [-0.3, -0.25) is 0 Å². The number of aliphatic hydroxyl groups is 1. The summed E-state index contributed by atoms with van der Waals surface area (Å²) in [5.41, 5.74) is 0. The summed E-state index contributed by atoms with van der Waals surface area (Å²) >= 11 is 0. The summed E-state index contributed by atoms with van der Waals surface area (Å²) in [4.78, 5) is 0. The molecule has 0 aromatic carbocycles. The zero-order chi connectivity index (χ0) is 9.23. The van der Waals surface area contributed by atoms with E-state index in [2.05, 4.69) is 5.32 Å². The van der Waals surface area contributed by atoms with Gasteiger partial charge in [0, 0.05) is 6.54 Å². The average molecular weight is 171 g/mol. The predicted octanol–water partition coefficient (Wildman–Crippen LogP) is 0.675. The largest absolute Gasteiger partial charge is 0.492 e. The molecular formula is C9H17NO2. The molecule has 0 heterocycles. The molecule has 0 radical (unpaired) electrons. The van der Waals surface area contributed by atoms with Crippen LogP contribution < -0.4 is 5.32 Å². The van der Waals surface area contributed by atoms with Crippen molar-refractivity contribution in [2.24, 2.45) is 0 Å². The van der Waals surface area contributed by atoms with Gasteiger partial charge >= 0.3 is 0 Å². The number of nitrogens with one attached hydrogen (secondary N) is 1. The first-order valence-corrected chi connectivity index (χ1v) is 4.06. The van der Waals surface area contributed by atoms with E-state index in [1.807, 2.05) is 32.2 Å². The third-order valence-electron chi connectivity index (χ3n) is 1.25. The minimum Gasteiger partial charge on any atom is -0.492 e. The summed E-state index contributed by atoms with van der Waals surface area (Å²) in [6, 6.07) is 0. The Morgan fingerprint density at radius 2 is 2.33 bits per heavy atom. The van der Waals surface area contributed by atoms with Crippen LogP contribution >= 0.6 is 0 Å². The number of ether oxygens (including phenoxy) is 1. The number of aliphatic hydroxyl groups excluding tert-OH is 1. The van der Waals surface area contributed by atoms with E-state index in [4.69, 9.17) is 9.84 Å². The fourth-order valence-electron chi connectivity index (χ4n) is 0.684. The van der Waals surface area contributed by atoms with Crippen LogP contribution in [0.25, 0.3) is 0 Å². The Kier molecular flexibility index (Phi) is 7.74. The number of allylic oxidation sites excluding steroid dienone is 2. The molecule has 0 saturated heterocycles. The van der Waals surface area contributed by atoms with E-state index >= 15 is 0 Å². The Balaban J connectivity index is 3.68. The summed E-state index contributed by atoms with van der Waals surface area (Å²) < 4.78 is 5.18. The van der Waals surface area contributed by atoms with Gasteiger partial charge in [0.1, 0.15) is 12.4 Å². The van der Waals surface area contributed by atoms with Gasteiger partial charge in [0.15, 0.2) is 0 Å². The topological polar surface area (TPSA) is 41.5 Å². The van der Waals surface area contributed by atoms with Gasteiger partial charge in [-0.15, -0.1) is 0 Å². The van der Waals surface area contributed by atoms with Crippen LogP contribution in [0.3, 0.4) is 0 Å². The summed E-state index contributed by atoms with van der Waals surface area (Å²) in [5.74, 6) is 0.791. The second-order valence-corrected chi connectivity index (χ2v) is 2.22. The van der Waals surface area contributed by atoms with E-state index in [0.717, 1.165) is 12.3 Å². The SMILES string of the molecule is C/C=C(\C=C/CNC)OCCO. The van der Waals surface area contributed by atoms with E-state index in [9.17, 15) is 0 Å². The lowest BCUT2D eigenvalue weighted by Gasteiger charge is -2.03. The van der Waals surface area contributed by atoms with Crippen LogP contribution in [0.5, 0.6) is 0 Å². The molecule has 0 aliphatic heterocycles. The van der Waals surface area contributed by atoms with E-state index in [0.29, 0.717) is 6.61 Å². The van der Waals surface area contributed by atoms with Crippen LogP contribution in [0.2, 0.25) is 0 Å². The van der Waals surface area contributed by atoms with Crippen LogP contribution in [0.1, 0.15) is 6.92 Å². The van der Waals surface area contributed by atoms with E-state index in [-0.39, 0.29) is 6.61 Å². The average Bonchev–Trinajstić information content (AvgIpc) is 2.11. The smallest absolute Gasteiger partial charge is 0.114 e. The highest BCUT2D eigenvalue weighted by Crippen LogP contribution is 1.97. The molecule has 2 N–H and O–H groups in total. The van der Waals surface area contributed by atoms with Gasteiger partial charge in [0.05, 0.1) is 6.61 Å². The first kappa shape index (κ1) is 11.2. The Labute approximate surface area is 73.7 Å². The summed E-state index contributed by atoms with van der Waals surface area (Å²) in [6.07, 6.45) is 5.71. The van der Waals surface area contributed by atoms with E-state index in [1.165, 1.54) is 0 Å². The van der Waals surface area contributed by atoms with Gasteiger partial charge in [-0.25, -0.2) is 0 Å². The zero-order valence-electron chi connectivity index (χ0n) is 7.71. The maximum Gasteiger partial charge on any atom is 0.114 e. The van der Waals surface area contributed by atoms with Crippen LogP contribution in [0.15, 0.2) is 24.0 Å². The quantitative estimate of drug-likeness (QED) is 0.456. The Bertz CT molecular complexity index is 153. The molecule has 0 aromatic rings. The van der Waals surface area contributed by atoms with Crippen molar-refractivity contribution >= 4 is 0 Å². The molecule has 0 amide bonds. The molecule has 12 heavy (non-hydrogen) atoms. The van der Waals surface area contributed by atoms with Gasteiger partial charge in [0.2, 0.25) is 0 Å².